The van der Waals surface area contributed by atoms with Crippen molar-refractivity contribution in [3.8, 4) is 0 Å². The zero-order chi connectivity index (χ0) is 25.8. The first-order valence-electron chi connectivity index (χ1n) is 12.7. The van der Waals surface area contributed by atoms with Gasteiger partial charge in [0.2, 0.25) is 0 Å². The summed E-state index contributed by atoms with van der Waals surface area (Å²) in [6.45, 7) is 12.0. The van der Waals surface area contributed by atoms with Crippen LogP contribution in [0.1, 0.15) is 84.3 Å². The van der Waals surface area contributed by atoms with Crippen molar-refractivity contribution >= 4 is 39.5 Å². The summed E-state index contributed by atoms with van der Waals surface area (Å²) in [6.07, 6.45) is 7.93. The molecule has 1 heterocycles. The minimum atomic E-state index is -0.460. The summed E-state index contributed by atoms with van der Waals surface area (Å²) in [4.78, 5) is 28.0. The van der Waals surface area contributed by atoms with Crippen LogP contribution < -0.4 is 0 Å². The van der Waals surface area contributed by atoms with E-state index in [9.17, 15) is 9.59 Å². The summed E-state index contributed by atoms with van der Waals surface area (Å²) in [5.74, 6) is -0.712. The lowest BCUT2D eigenvalue weighted by molar-refractivity contribution is -0.144. The minimum absolute atomic E-state index is 0.156. The highest BCUT2D eigenvalue weighted by Gasteiger charge is 2.15. The van der Waals surface area contributed by atoms with Crippen LogP contribution in [0.3, 0.4) is 0 Å². The molecule has 190 valence electrons. The van der Waals surface area contributed by atoms with Crippen LogP contribution in [0.15, 0.2) is 41.6 Å². The fraction of sp³-hybridized carbons (Fsp3) is 0.483. The van der Waals surface area contributed by atoms with Crippen molar-refractivity contribution in [3.05, 3.63) is 47.5 Å². The second-order valence-electron chi connectivity index (χ2n) is 8.88. The normalized spacial score (nSPS) is 12.3. The predicted octanol–water partition coefficient (Wildman–Crippen LogP) is 7.32. The molecule has 3 aromatic rings. The Balaban J connectivity index is 0.000000537. The van der Waals surface area contributed by atoms with Gasteiger partial charge in [-0.05, 0) is 50.1 Å². The number of unbranched alkanes of at least 4 members (excludes halogenated alkanes) is 1. The zero-order valence-electron chi connectivity index (χ0n) is 22.1. The van der Waals surface area contributed by atoms with E-state index in [-0.39, 0.29) is 12.5 Å². The largest absolute Gasteiger partial charge is 0.464 e. The maximum Gasteiger partial charge on any atom is 0.331 e. The number of carbonyl (C=O) groups excluding carboxylic acids is 2. The van der Waals surface area contributed by atoms with Gasteiger partial charge in [0.1, 0.15) is 6.54 Å². The molecule has 0 N–H and O–H groups in total. The van der Waals surface area contributed by atoms with Gasteiger partial charge >= 0.3 is 11.9 Å². The summed E-state index contributed by atoms with van der Waals surface area (Å²) in [7, 11) is 0. The van der Waals surface area contributed by atoms with Crippen LogP contribution in [0, 0.1) is 6.92 Å². The number of benzene rings is 2. The number of aromatic nitrogens is 1. The van der Waals surface area contributed by atoms with Gasteiger partial charge in [-0.15, -0.1) is 0 Å². The molecule has 2 aromatic carbocycles. The van der Waals surface area contributed by atoms with E-state index >= 15 is 0 Å². The quantitative estimate of drug-likeness (QED) is 0.154. The highest BCUT2D eigenvalue weighted by atomic mass is 16.7. The molecule has 0 aliphatic heterocycles. The number of rotatable bonds is 7. The molecule has 0 atom stereocenters. The first-order chi connectivity index (χ1) is 16.8. The van der Waals surface area contributed by atoms with E-state index < -0.39 is 5.97 Å². The molecule has 0 bridgehead atoms. The van der Waals surface area contributed by atoms with E-state index in [1.165, 1.54) is 39.0 Å². The van der Waals surface area contributed by atoms with Crippen LogP contribution in [-0.4, -0.2) is 28.8 Å². The lowest BCUT2D eigenvalue weighted by Crippen LogP contribution is -2.13. The van der Waals surface area contributed by atoms with Crippen molar-refractivity contribution < 1.29 is 19.2 Å². The van der Waals surface area contributed by atoms with Crippen LogP contribution in [0.5, 0.6) is 0 Å². The molecule has 1 aliphatic rings. The number of oxime groups is 1. The molecule has 1 aliphatic carbocycles. The van der Waals surface area contributed by atoms with Crippen molar-refractivity contribution in [2.24, 2.45) is 5.16 Å². The number of esters is 1. The first kappa shape index (κ1) is 28.1. The molecule has 35 heavy (non-hydrogen) atoms. The summed E-state index contributed by atoms with van der Waals surface area (Å²) >= 11 is 0. The summed E-state index contributed by atoms with van der Waals surface area (Å²) in [5, 5.41) is 5.94. The molecule has 0 unspecified atom stereocenters. The highest BCUT2D eigenvalue weighted by Crippen LogP contribution is 2.31. The Bertz CT molecular complexity index is 1150. The number of fused-ring (bicyclic) bond motifs is 3. The Kier molecular flexibility index (Phi) is 11.5. The number of carbonyl (C=O) groups is 2. The van der Waals surface area contributed by atoms with Crippen molar-refractivity contribution in [1.29, 1.82) is 0 Å². The fourth-order valence-electron chi connectivity index (χ4n) is 3.19. The van der Waals surface area contributed by atoms with Gasteiger partial charge in [0.25, 0.3) is 0 Å². The highest BCUT2D eigenvalue weighted by molar-refractivity contribution is 6.12. The third-order valence-electron chi connectivity index (χ3n) is 5.36. The Hall–Kier alpha value is -3.15. The smallest absolute Gasteiger partial charge is 0.331 e. The van der Waals surface area contributed by atoms with E-state index in [0.29, 0.717) is 12.3 Å². The maximum absolute atomic E-state index is 12.2. The van der Waals surface area contributed by atoms with Gasteiger partial charge in [0.05, 0.1) is 12.3 Å². The Morgan fingerprint density at radius 2 is 1.49 bits per heavy atom. The van der Waals surface area contributed by atoms with Crippen molar-refractivity contribution in [3.63, 3.8) is 0 Å². The van der Waals surface area contributed by atoms with E-state index in [1.807, 2.05) is 48.7 Å². The SMILES string of the molecule is C1CC1.CCCC.CCCOC(=O)Cn1c2ccc(C)cc2c2cc(/C(C)=N/OC(C)=O)ccc21. The zero-order valence-corrected chi connectivity index (χ0v) is 22.1. The van der Waals surface area contributed by atoms with Gasteiger partial charge in [-0.2, -0.15) is 0 Å². The lowest BCUT2D eigenvalue weighted by atomic mass is 10.1. The van der Waals surface area contributed by atoms with Crippen molar-refractivity contribution in [2.45, 2.75) is 86.6 Å². The van der Waals surface area contributed by atoms with Crippen molar-refractivity contribution in [2.75, 3.05) is 6.61 Å². The molecule has 1 saturated carbocycles. The summed E-state index contributed by atoms with van der Waals surface area (Å²) < 4.78 is 7.25. The van der Waals surface area contributed by atoms with E-state index in [4.69, 9.17) is 9.57 Å². The third kappa shape index (κ3) is 8.85. The average molecular weight is 481 g/mol. The molecule has 1 aromatic heterocycles. The van der Waals surface area contributed by atoms with E-state index in [0.717, 1.165) is 39.4 Å². The Morgan fingerprint density at radius 1 is 0.886 bits per heavy atom. The average Bonchev–Trinajstić information content (AvgIpc) is 3.71. The van der Waals surface area contributed by atoms with E-state index in [2.05, 4.69) is 25.1 Å². The van der Waals surface area contributed by atoms with E-state index in [1.54, 1.807) is 6.92 Å². The van der Waals surface area contributed by atoms with Crippen LogP contribution in [0.2, 0.25) is 0 Å². The Labute approximate surface area is 209 Å². The molecule has 0 amide bonds. The van der Waals surface area contributed by atoms with Crippen LogP contribution in [0.4, 0.5) is 0 Å². The molecule has 6 nitrogen and oxygen atoms in total. The monoisotopic (exact) mass is 480 g/mol. The van der Waals surface area contributed by atoms with Crippen LogP contribution in [-0.2, 0) is 25.7 Å². The number of hydrogen-bond donors (Lipinski definition) is 0. The number of aryl methyl sites for hydroxylation is 1. The number of nitrogens with zero attached hydrogens (tertiary/aromatic N) is 2. The second kappa shape index (κ2) is 14.3. The van der Waals surface area contributed by atoms with Crippen molar-refractivity contribution in [1.82, 2.24) is 4.57 Å². The lowest BCUT2D eigenvalue weighted by Gasteiger charge is -2.08. The number of hydrogen-bond acceptors (Lipinski definition) is 5. The standard InChI is InChI=1S/C22H24N2O4.C4H10.C3H6/c1-5-10-27-22(26)13-24-20-8-6-14(2)11-18(20)19-12-17(7-9-21(19)24)15(3)23-28-16(4)25;1-3-4-2;1-2-3-1/h6-9,11-12H,5,10,13H2,1-4H3;3-4H2,1-2H3;1-3H2/b23-15+;;. The van der Waals surface area contributed by atoms with Gasteiger partial charge < -0.3 is 14.1 Å². The topological polar surface area (TPSA) is 69.9 Å². The Morgan fingerprint density at radius 3 is 2.03 bits per heavy atom. The third-order valence-corrected chi connectivity index (χ3v) is 5.36. The molecule has 0 radical (unpaired) electrons. The van der Waals surface area contributed by atoms with Gasteiger partial charge in [0.15, 0.2) is 0 Å². The molecule has 4 rings (SSSR count). The molecule has 0 spiro atoms. The summed E-state index contributed by atoms with van der Waals surface area (Å²) in [5.41, 5.74) is 4.51. The molecule has 0 saturated heterocycles. The van der Waals surface area contributed by atoms with Gasteiger partial charge in [-0.1, -0.05) is 75.7 Å². The summed E-state index contributed by atoms with van der Waals surface area (Å²) in [6, 6.07) is 12.0. The van der Waals surface area contributed by atoms with Gasteiger partial charge in [-0.25, -0.2) is 4.79 Å². The second-order valence-corrected chi connectivity index (χ2v) is 8.88. The molecule has 1 fully saturated rings. The fourth-order valence-corrected chi connectivity index (χ4v) is 3.19. The van der Waals surface area contributed by atoms with Gasteiger partial charge in [-0.3, -0.25) is 4.79 Å². The minimum Gasteiger partial charge on any atom is -0.464 e. The molecule has 6 heteroatoms. The predicted molar refractivity (Wildman–Crippen MR) is 144 cm³/mol. The van der Waals surface area contributed by atoms with Crippen LogP contribution >= 0.6 is 0 Å². The van der Waals surface area contributed by atoms with Gasteiger partial charge in [0, 0.05) is 28.7 Å². The number of ether oxygens (including phenoxy) is 1. The molecular weight excluding hydrogens is 440 g/mol. The molecular formula is C29H40N2O4. The maximum atomic E-state index is 12.2. The van der Waals surface area contributed by atoms with Crippen LogP contribution in [0.25, 0.3) is 21.8 Å². The first-order valence-corrected chi connectivity index (χ1v) is 12.7.